The highest BCUT2D eigenvalue weighted by Crippen LogP contribution is 2.34. The fourth-order valence-electron chi connectivity index (χ4n) is 4.21. The van der Waals surface area contributed by atoms with E-state index in [0.717, 1.165) is 31.1 Å². The van der Waals surface area contributed by atoms with Crippen LogP contribution in [-0.2, 0) is 0 Å². The molecule has 0 heterocycles. The Balaban J connectivity index is 2.02. The number of benzene rings is 3. The lowest BCUT2D eigenvalue weighted by Gasteiger charge is -2.25. The summed E-state index contributed by atoms with van der Waals surface area (Å²) in [7, 11) is 0. The molecule has 0 unspecified atom stereocenters. The summed E-state index contributed by atoms with van der Waals surface area (Å²) >= 11 is 4.60. The Morgan fingerprint density at radius 1 is 0.600 bits per heavy atom. The van der Waals surface area contributed by atoms with Crippen molar-refractivity contribution in [2.24, 2.45) is 0 Å². The van der Waals surface area contributed by atoms with Gasteiger partial charge < -0.3 is 9.80 Å². The van der Waals surface area contributed by atoms with Gasteiger partial charge in [0, 0.05) is 48.4 Å². The lowest BCUT2D eigenvalue weighted by atomic mass is 9.85. The summed E-state index contributed by atoms with van der Waals surface area (Å²) in [4.78, 5) is 5.76. The standard InChI is InChI=1S/C27H34N2S/c1-5-28(6-2)24-16-12-21(13-17-24)27(23-10-9-11-26(30)20-23)22-14-18-25(19-15-22)29(7-3)8-4/h9-20,27,30H,5-8H2,1-4H3. The van der Waals surface area contributed by atoms with Gasteiger partial charge in [0.2, 0.25) is 0 Å². The van der Waals surface area contributed by atoms with E-state index in [-0.39, 0.29) is 5.92 Å². The van der Waals surface area contributed by atoms with Gasteiger partial charge in [-0.1, -0.05) is 36.4 Å². The molecule has 0 atom stereocenters. The molecule has 0 N–H and O–H groups in total. The monoisotopic (exact) mass is 418 g/mol. The number of nitrogens with zero attached hydrogens (tertiary/aromatic N) is 2. The van der Waals surface area contributed by atoms with Gasteiger partial charge in [-0.05, 0) is 80.8 Å². The molecule has 3 heteroatoms. The molecular formula is C27H34N2S. The molecule has 0 radical (unpaired) electrons. The van der Waals surface area contributed by atoms with Gasteiger partial charge in [-0.25, -0.2) is 0 Å². The minimum absolute atomic E-state index is 0.189. The molecule has 0 aliphatic carbocycles. The van der Waals surface area contributed by atoms with Crippen molar-refractivity contribution in [3.05, 3.63) is 89.5 Å². The van der Waals surface area contributed by atoms with Gasteiger partial charge in [-0.3, -0.25) is 0 Å². The average molecular weight is 419 g/mol. The largest absolute Gasteiger partial charge is 0.372 e. The van der Waals surface area contributed by atoms with Gasteiger partial charge in [-0.2, -0.15) is 0 Å². The van der Waals surface area contributed by atoms with E-state index in [9.17, 15) is 0 Å². The summed E-state index contributed by atoms with van der Waals surface area (Å²) in [6.07, 6.45) is 0. The van der Waals surface area contributed by atoms with E-state index in [4.69, 9.17) is 0 Å². The molecule has 3 aromatic carbocycles. The number of thiol groups is 1. The summed E-state index contributed by atoms with van der Waals surface area (Å²) in [5, 5.41) is 0. The quantitative estimate of drug-likeness (QED) is 0.300. The van der Waals surface area contributed by atoms with E-state index in [1.54, 1.807) is 0 Å². The summed E-state index contributed by atoms with van der Waals surface area (Å²) in [5.41, 5.74) is 6.44. The van der Waals surface area contributed by atoms with E-state index in [1.807, 2.05) is 6.07 Å². The minimum atomic E-state index is 0.189. The first-order chi connectivity index (χ1) is 14.6. The Bertz CT molecular complexity index is 855. The second-order valence-corrected chi connectivity index (χ2v) is 8.07. The Morgan fingerprint density at radius 2 is 1.03 bits per heavy atom. The van der Waals surface area contributed by atoms with Gasteiger partial charge >= 0.3 is 0 Å². The predicted molar refractivity (Wildman–Crippen MR) is 135 cm³/mol. The molecule has 0 saturated heterocycles. The van der Waals surface area contributed by atoms with Crippen molar-refractivity contribution < 1.29 is 0 Å². The Hall–Kier alpha value is -2.39. The Kier molecular flexibility index (Phi) is 7.87. The van der Waals surface area contributed by atoms with Crippen molar-refractivity contribution in [1.29, 1.82) is 0 Å². The van der Waals surface area contributed by atoms with Gasteiger partial charge in [-0.15, -0.1) is 12.6 Å². The van der Waals surface area contributed by atoms with E-state index in [1.165, 1.54) is 28.1 Å². The Labute approximate surface area is 188 Å². The second-order valence-electron chi connectivity index (χ2n) is 7.56. The van der Waals surface area contributed by atoms with Crippen molar-refractivity contribution in [3.8, 4) is 0 Å². The molecule has 3 rings (SSSR count). The maximum atomic E-state index is 4.60. The lowest BCUT2D eigenvalue weighted by Crippen LogP contribution is -2.21. The van der Waals surface area contributed by atoms with E-state index >= 15 is 0 Å². The summed E-state index contributed by atoms with van der Waals surface area (Å²) < 4.78 is 0. The van der Waals surface area contributed by atoms with Gasteiger partial charge in [0.25, 0.3) is 0 Å². The van der Waals surface area contributed by atoms with Crippen LogP contribution in [0.4, 0.5) is 11.4 Å². The number of rotatable bonds is 9. The molecule has 158 valence electrons. The highest BCUT2D eigenvalue weighted by Gasteiger charge is 2.18. The molecular weight excluding hydrogens is 384 g/mol. The van der Waals surface area contributed by atoms with Crippen LogP contribution in [0.25, 0.3) is 0 Å². The third kappa shape index (κ3) is 5.02. The Morgan fingerprint density at radius 3 is 1.40 bits per heavy atom. The maximum absolute atomic E-state index is 4.60. The molecule has 2 nitrogen and oxygen atoms in total. The number of hydrogen-bond donors (Lipinski definition) is 1. The molecule has 30 heavy (non-hydrogen) atoms. The van der Waals surface area contributed by atoms with Crippen molar-refractivity contribution in [2.45, 2.75) is 38.5 Å². The van der Waals surface area contributed by atoms with Crippen molar-refractivity contribution in [3.63, 3.8) is 0 Å². The molecule has 0 bridgehead atoms. The molecule has 0 amide bonds. The van der Waals surface area contributed by atoms with Crippen LogP contribution in [0.5, 0.6) is 0 Å². The minimum Gasteiger partial charge on any atom is -0.372 e. The normalized spacial score (nSPS) is 11.0. The van der Waals surface area contributed by atoms with Crippen molar-refractivity contribution in [2.75, 3.05) is 36.0 Å². The first-order valence-electron chi connectivity index (χ1n) is 11.1. The molecule has 0 aliphatic rings. The smallest absolute Gasteiger partial charge is 0.0366 e. The highest BCUT2D eigenvalue weighted by molar-refractivity contribution is 7.80. The lowest BCUT2D eigenvalue weighted by molar-refractivity contribution is 0.862. The van der Waals surface area contributed by atoms with Crippen LogP contribution in [0.2, 0.25) is 0 Å². The zero-order valence-corrected chi connectivity index (χ0v) is 19.6. The number of hydrogen-bond acceptors (Lipinski definition) is 3. The van der Waals surface area contributed by atoms with Crippen LogP contribution in [-0.4, -0.2) is 26.2 Å². The van der Waals surface area contributed by atoms with Crippen LogP contribution in [0.1, 0.15) is 50.3 Å². The molecule has 3 aromatic rings. The van der Waals surface area contributed by atoms with Crippen LogP contribution in [0, 0.1) is 0 Å². The zero-order chi connectivity index (χ0) is 21.5. The molecule has 0 fully saturated rings. The fraction of sp³-hybridized carbons (Fsp3) is 0.333. The van der Waals surface area contributed by atoms with Crippen LogP contribution in [0.15, 0.2) is 77.7 Å². The third-order valence-electron chi connectivity index (χ3n) is 5.91. The molecule has 0 aliphatic heterocycles. The second kappa shape index (κ2) is 10.6. The zero-order valence-electron chi connectivity index (χ0n) is 18.7. The first-order valence-corrected chi connectivity index (χ1v) is 11.5. The molecule has 0 spiro atoms. The fourth-order valence-corrected chi connectivity index (χ4v) is 4.45. The van der Waals surface area contributed by atoms with Crippen LogP contribution >= 0.6 is 12.6 Å². The SMILES string of the molecule is CCN(CC)c1ccc(C(c2ccc(N(CC)CC)cc2)c2cccc(S)c2)cc1. The van der Waals surface area contributed by atoms with Gasteiger partial charge in [0.05, 0.1) is 0 Å². The van der Waals surface area contributed by atoms with Crippen LogP contribution < -0.4 is 9.80 Å². The van der Waals surface area contributed by atoms with Gasteiger partial charge in [0.1, 0.15) is 0 Å². The maximum Gasteiger partial charge on any atom is 0.0366 e. The topological polar surface area (TPSA) is 6.48 Å². The van der Waals surface area contributed by atoms with Gasteiger partial charge in [0.15, 0.2) is 0 Å². The summed E-state index contributed by atoms with van der Waals surface area (Å²) in [6, 6.07) is 26.7. The van der Waals surface area contributed by atoms with E-state index in [0.29, 0.717) is 0 Å². The van der Waals surface area contributed by atoms with E-state index in [2.05, 4.69) is 117 Å². The predicted octanol–water partition coefficient (Wildman–Crippen LogP) is 6.85. The third-order valence-corrected chi connectivity index (χ3v) is 6.19. The highest BCUT2D eigenvalue weighted by atomic mass is 32.1. The van der Waals surface area contributed by atoms with Crippen molar-refractivity contribution in [1.82, 2.24) is 0 Å². The van der Waals surface area contributed by atoms with Crippen LogP contribution in [0.3, 0.4) is 0 Å². The number of anilines is 2. The molecule has 0 saturated carbocycles. The van der Waals surface area contributed by atoms with Crippen molar-refractivity contribution >= 4 is 24.0 Å². The first kappa shape index (κ1) is 22.3. The van der Waals surface area contributed by atoms with E-state index < -0.39 is 0 Å². The summed E-state index contributed by atoms with van der Waals surface area (Å²) in [5.74, 6) is 0.189. The average Bonchev–Trinajstić information content (AvgIpc) is 2.78. The summed E-state index contributed by atoms with van der Waals surface area (Å²) in [6.45, 7) is 12.9. The molecule has 0 aromatic heterocycles.